The van der Waals surface area contributed by atoms with Gasteiger partial charge in [-0.05, 0) is 6.07 Å². The van der Waals surface area contributed by atoms with Gasteiger partial charge < -0.3 is 0 Å². The van der Waals surface area contributed by atoms with Crippen LogP contribution in [0, 0.1) is 32.8 Å². The van der Waals surface area contributed by atoms with Crippen molar-refractivity contribution in [1.29, 1.82) is 10.5 Å². The van der Waals surface area contributed by atoms with Gasteiger partial charge in [-0.3, -0.25) is 10.1 Å². The summed E-state index contributed by atoms with van der Waals surface area (Å²) in [5.74, 6) is 0. The van der Waals surface area contributed by atoms with E-state index >= 15 is 0 Å². The molecule has 0 unspecified atom stereocenters. The molecule has 0 amide bonds. The number of nitrogens with zero attached hydrogens (tertiary/aromatic N) is 4. The molecule has 1 heterocycles. The van der Waals surface area contributed by atoms with Crippen LogP contribution >= 0.6 is 0 Å². The maximum absolute atomic E-state index is 12.6. The third kappa shape index (κ3) is 2.49. The number of nitriles is 2. The molecule has 0 bridgehead atoms. The lowest BCUT2D eigenvalue weighted by Gasteiger charge is -2.04. The largest absolute Gasteiger partial charge is 0.314 e. The lowest BCUT2D eigenvalue weighted by atomic mass is 10.1. The van der Waals surface area contributed by atoms with E-state index < -0.39 is 28.3 Å². The van der Waals surface area contributed by atoms with Crippen molar-refractivity contribution in [2.45, 2.75) is 12.8 Å². The highest BCUT2D eigenvalue weighted by atomic mass is 19.3. The van der Waals surface area contributed by atoms with Gasteiger partial charge in [-0.2, -0.15) is 10.5 Å². The van der Waals surface area contributed by atoms with Crippen molar-refractivity contribution >= 4 is 5.69 Å². The van der Waals surface area contributed by atoms with Crippen LogP contribution in [-0.2, 0) is 6.42 Å². The average Bonchev–Trinajstić information content (AvgIpc) is 2.27. The summed E-state index contributed by atoms with van der Waals surface area (Å²) in [5.41, 5.74) is -2.71. The fraction of sp³-hybridized carbons (Fsp3) is 0.222. The molecule has 0 aliphatic carbocycles. The van der Waals surface area contributed by atoms with Crippen LogP contribution in [0.15, 0.2) is 6.07 Å². The van der Waals surface area contributed by atoms with E-state index in [1.165, 1.54) is 6.07 Å². The normalized spacial score (nSPS) is 9.71. The molecule has 0 saturated heterocycles. The fourth-order valence-corrected chi connectivity index (χ4v) is 1.21. The van der Waals surface area contributed by atoms with Crippen LogP contribution in [0.2, 0.25) is 0 Å². The van der Waals surface area contributed by atoms with Crippen molar-refractivity contribution in [1.82, 2.24) is 4.98 Å². The average molecular weight is 238 g/mol. The Morgan fingerprint density at radius 3 is 2.59 bits per heavy atom. The molecule has 1 rings (SSSR count). The molecule has 1 aromatic rings. The van der Waals surface area contributed by atoms with Gasteiger partial charge in [0, 0.05) is 0 Å². The second-order valence-corrected chi connectivity index (χ2v) is 2.90. The monoisotopic (exact) mass is 238 g/mol. The second kappa shape index (κ2) is 4.94. The van der Waals surface area contributed by atoms with Gasteiger partial charge in [-0.15, -0.1) is 0 Å². The Labute approximate surface area is 93.9 Å². The van der Waals surface area contributed by atoms with Gasteiger partial charge in [0.15, 0.2) is 5.69 Å². The first-order valence-electron chi connectivity index (χ1n) is 4.24. The summed E-state index contributed by atoms with van der Waals surface area (Å²) in [6, 6.07) is 4.08. The predicted octanol–water partition coefficient (Wildman–Crippen LogP) is 1.87. The summed E-state index contributed by atoms with van der Waals surface area (Å²) in [6.07, 6.45) is -3.48. The van der Waals surface area contributed by atoms with Crippen LogP contribution in [0.5, 0.6) is 0 Å². The highest BCUT2D eigenvalue weighted by Gasteiger charge is 2.28. The topological polar surface area (TPSA) is 104 Å². The zero-order valence-corrected chi connectivity index (χ0v) is 8.22. The summed E-state index contributed by atoms with van der Waals surface area (Å²) in [5, 5.41) is 27.6. The zero-order chi connectivity index (χ0) is 13.0. The molecule has 8 heteroatoms. The van der Waals surface area contributed by atoms with Gasteiger partial charge in [0.1, 0.15) is 11.6 Å². The van der Waals surface area contributed by atoms with E-state index in [0.717, 1.165) is 6.07 Å². The molecule has 0 aliphatic heterocycles. The Hall–Kier alpha value is -2.61. The van der Waals surface area contributed by atoms with E-state index in [9.17, 15) is 18.9 Å². The quantitative estimate of drug-likeness (QED) is 0.590. The van der Waals surface area contributed by atoms with Crippen LogP contribution in [0.3, 0.4) is 0 Å². The maximum Gasteiger partial charge on any atom is 0.314 e. The molecule has 0 atom stereocenters. The van der Waals surface area contributed by atoms with Crippen molar-refractivity contribution in [3.8, 4) is 12.1 Å². The number of pyridine rings is 1. The first kappa shape index (κ1) is 12.5. The maximum atomic E-state index is 12.6. The van der Waals surface area contributed by atoms with Crippen LogP contribution in [0.4, 0.5) is 14.5 Å². The Morgan fingerprint density at radius 2 is 2.18 bits per heavy atom. The third-order valence-corrected chi connectivity index (χ3v) is 1.84. The highest BCUT2D eigenvalue weighted by molar-refractivity contribution is 5.53. The summed E-state index contributed by atoms with van der Waals surface area (Å²) in [4.78, 5) is 12.8. The Morgan fingerprint density at radius 1 is 1.53 bits per heavy atom. The van der Waals surface area contributed by atoms with Crippen molar-refractivity contribution < 1.29 is 13.7 Å². The summed E-state index contributed by atoms with van der Waals surface area (Å²) in [7, 11) is 0. The van der Waals surface area contributed by atoms with Gasteiger partial charge >= 0.3 is 5.69 Å². The molecular weight excluding hydrogens is 234 g/mol. The molecule has 0 aromatic carbocycles. The summed E-state index contributed by atoms with van der Waals surface area (Å²) < 4.78 is 25.1. The number of nitro groups is 1. The van der Waals surface area contributed by atoms with Crippen molar-refractivity contribution in [3.63, 3.8) is 0 Å². The number of halogens is 2. The molecule has 17 heavy (non-hydrogen) atoms. The Balaban J connectivity index is 3.54. The molecule has 0 N–H and O–H groups in total. The van der Waals surface area contributed by atoms with Gasteiger partial charge in [-0.25, -0.2) is 13.8 Å². The smallest absolute Gasteiger partial charge is 0.258 e. The molecule has 0 saturated carbocycles. The molecule has 0 radical (unpaired) electrons. The number of rotatable bonds is 3. The van der Waals surface area contributed by atoms with Crippen LogP contribution in [0.25, 0.3) is 0 Å². The summed E-state index contributed by atoms with van der Waals surface area (Å²) >= 11 is 0. The fourth-order valence-electron chi connectivity index (χ4n) is 1.21. The number of hydrogen-bond donors (Lipinski definition) is 0. The van der Waals surface area contributed by atoms with Gasteiger partial charge in [0.2, 0.25) is 0 Å². The van der Waals surface area contributed by atoms with Crippen LogP contribution in [0.1, 0.15) is 23.4 Å². The molecule has 86 valence electrons. The minimum Gasteiger partial charge on any atom is -0.258 e. The Bertz CT molecular complexity index is 545. The standard InChI is InChI=1S/C9H4F2N4O2/c10-9(11)7-8(15(16)17)5(4-13)3-6(14-7)1-2-12/h3,9H,1H2. The Kier molecular flexibility index (Phi) is 3.62. The van der Waals surface area contributed by atoms with E-state index in [-0.39, 0.29) is 12.1 Å². The van der Waals surface area contributed by atoms with E-state index in [0.29, 0.717) is 0 Å². The zero-order valence-electron chi connectivity index (χ0n) is 8.22. The molecular formula is C9H4F2N4O2. The van der Waals surface area contributed by atoms with Gasteiger partial charge in [0.05, 0.1) is 23.1 Å². The molecule has 6 nitrogen and oxygen atoms in total. The first-order valence-corrected chi connectivity index (χ1v) is 4.24. The van der Waals surface area contributed by atoms with Crippen molar-refractivity contribution in [3.05, 3.63) is 33.1 Å². The third-order valence-electron chi connectivity index (χ3n) is 1.84. The van der Waals surface area contributed by atoms with E-state index in [1.807, 2.05) is 0 Å². The van der Waals surface area contributed by atoms with Gasteiger partial charge in [-0.1, -0.05) is 0 Å². The van der Waals surface area contributed by atoms with Crippen molar-refractivity contribution in [2.24, 2.45) is 0 Å². The van der Waals surface area contributed by atoms with Gasteiger partial charge in [0.25, 0.3) is 6.43 Å². The second-order valence-electron chi connectivity index (χ2n) is 2.90. The van der Waals surface area contributed by atoms with Crippen LogP contribution in [-0.4, -0.2) is 9.91 Å². The molecule has 1 aromatic heterocycles. The molecule has 0 aliphatic rings. The van der Waals surface area contributed by atoms with Crippen molar-refractivity contribution in [2.75, 3.05) is 0 Å². The minimum atomic E-state index is -3.18. The SMILES string of the molecule is N#CCc1cc(C#N)c([N+](=O)[O-])c(C(F)F)n1. The number of hydrogen-bond acceptors (Lipinski definition) is 5. The van der Waals surface area contributed by atoms with E-state index in [4.69, 9.17) is 10.5 Å². The molecule has 0 spiro atoms. The first-order chi connectivity index (χ1) is 8.01. The summed E-state index contributed by atoms with van der Waals surface area (Å²) in [6.45, 7) is 0. The van der Waals surface area contributed by atoms with E-state index in [2.05, 4.69) is 4.98 Å². The molecule has 0 fully saturated rings. The lowest BCUT2D eigenvalue weighted by Crippen LogP contribution is -2.05. The van der Waals surface area contributed by atoms with E-state index in [1.54, 1.807) is 6.07 Å². The minimum absolute atomic E-state index is 0.0926. The van der Waals surface area contributed by atoms with Crippen LogP contribution < -0.4 is 0 Å². The lowest BCUT2D eigenvalue weighted by molar-refractivity contribution is -0.386. The highest BCUT2D eigenvalue weighted by Crippen LogP contribution is 2.30. The number of alkyl halides is 2. The number of aromatic nitrogens is 1. The predicted molar refractivity (Wildman–Crippen MR) is 49.9 cm³/mol.